The minimum Gasteiger partial charge on any atom is -0.481 e. The van der Waals surface area contributed by atoms with Crippen LogP contribution in [0.3, 0.4) is 0 Å². The van der Waals surface area contributed by atoms with Crippen LogP contribution in [-0.2, 0) is 4.79 Å². The van der Waals surface area contributed by atoms with Crippen molar-refractivity contribution in [2.24, 2.45) is 0 Å². The van der Waals surface area contributed by atoms with Gasteiger partial charge in [-0.15, -0.1) is 0 Å². The average molecular weight is 354 g/mol. The molecule has 0 saturated heterocycles. The number of urea groups is 1. The summed E-state index contributed by atoms with van der Waals surface area (Å²) in [4.78, 5) is 23.8. The number of hydrazine groups is 1. The Morgan fingerprint density at radius 3 is 2.58 bits per heavy atom. The highest BCUT2D eigenvalue weighted by Crippen LogP contribution is 2.22. The lowest BCUT2D eigenvalue weighted by atomic mass is 9.96. The first-order chi connectivity index (χ1) is 11.5. The van der Waals surface area contributed by atoms with Crippen LogP contribution in [0, 0.1) is 6.92 Å². The van der Waals surface area contributed by atoms with Crippen LogP contribution in [-0.4, -0.2) is 24.1 Å². The molecule has 0 aromatic heterocycles. The van der Waals surface area contributed by atoms with Gasteiger partial charge in [0, 0.05) is 11.1 Å². The molecule has 3 amide bonds. The third kappa shape index (κ3) is 5.60. The topological polar surface area (TPSA) is 79.5 Å². The predicted octanol–water partition coefficient (Wildman–Crippen LogP) is 3.08. The summed E-state index contributed by atoms with van der Waals surface area (Å²) in [5.74, 6) is 0.150. The summed E-state index contributed by atoms with van der Waals surface area (Å²) in [6.07, 6.45) is 4.69. The fourth-order valence-corrected chi connectivity index (χ4v) is 2.90. The van der Waals surface area contributed by atoms with E-state index in [9.17, 15) is 9.59 Å². The van der Waals surface area contributed by atoms with Gasteiger partial charge in [-0.05, 0) is 50.5 Å². The quantitative estimate of drug-likeness (QED) is 0.728. The van der Waals surface area contributed by atoms with E-state index in [0.717, 1.165) is 31.2 Å². The van der Waals surface area contributed by atoms with Crippen molar-refractivity contribution in [3.8, 4) is 5.75 Å². The lowest BCUT2D eigenvalue weighted by molar-refractivity contribution is -0.128. The van der Waals surface area contributed by atoms with Crippen molar-refractivity contribution in [3.63, 3.8) is 0 Å². The Kier molecular flexibility index (Phi) is 6.73. The van der Waals surface area contributed by atoms with Crippen LogP contribution in [0.5, 0.6) is 5.75 Å². The molecule has 1 aliphatic carbocycles. The standard InChI is InChI=1S/C17H24ClN3O3/c1-11-10-13(18)8-9-15(11)24-12(2)16(22)20-21-17(23)19-14-6-4-3-5-7-14/h8-10,12,14H,3-7H2,1-2H3,(H,20,22)(H2,19,21,23). The van der Waals surface area contributed by atoms with E-state index in [1.165, 1.54) is 6.42 Å². The van der Waals surface area contributed by atoms with Crippen molar-refractivity contribution < 1.29 is 14.3 Å². The zero-order valence-corrected chi connectivity index (χ0v) is 14.8. The van der Waals surface area contributed by atoms with Crippen LogP contribution in [0.1, 0.15) is 44.6 Å². The van der Waals surface area contributed by atoms with Gasteiger partial charge in [-0.1, -0.05) is 30.9 Å². The maximum Gasteiger partial charge on any atom is 0.333 e. The van der Waals surface area contributed by atoms with E-state index in [1.54, 1.807) is 25.1 Å². The molecule has 1 saturated carbocycles. The summed E-state index contributed by atoms with van der Waals surface area (Å²) in [6, 6.07) is 4.96. The number of rotatable bonds is 4. The van der Waals surface area contributed by atoms with Crippen molar-refractivity contribution in [1.82, 2.24) is 16.2 Å². The summed E-state index contributed by atoms with van der Waals surface area (Å²) in [5, 5.41) is 3.47. The Morgan fingerprint density at radius 1 is 1.21 bits per heavy atom. The first kappa shape index (κ1) is 18.4. The summed E-state index contributed by atoms with van der Waals surface area (Å²) in [7, 11) is 0. The van der Waals surface area contributed by atoms with Crippen molar-refractivity contribution in [2.75, 3.05) is 0 Å². The van der Waals surface area contributed by atoms with E-state index in [0.29, 0.717) is 10.8 Å². The fourth-order valence-electron chi connectivity index (χ4n) is 2.68. The van der Waals surface area contributed by atoms with Crippen LogP contribution >= 0.6 is 11.6 Å². The molecule has 24 heavy (non-hydrogen) atoms. The first-order valence-corrected chi connectivity index (χ1v) is 8.62. The predicted molar refractivity (Wildman–Crippen MR) is 93.0 cm³/mol. The maximum atomic E-state index is 12.0. The second-order valence-corrected chi connectivity index (χ2v) is 6.53. The maximum absolute atomic E-state index is 12.0. The Morgan fingerprint density at radius 2 is 1.92 bits per heavy atom. The highest BCUT2D eigenvalue weighted by Gasteiger charge is 2.18. The molecule has 6 nitrogen and oxygen atoms in total. The van der Waals surface area contributed by atoms with Gasteiger partial charge >= 0.3 is 6.03 Å². The van der Waals surface area contributed by atoms with E-state index in [1.807, 2.05) is 6.92 Å². The Balaban J connectivity index is 1.75. The highest BCUT2D eigenvalue weighted by molar-refractivity contribution is 6.30. The van der Waals surface area contributed by atoms with E-state index in [-0.39, 0.29) is 6.04 Å². The van der Waals surface area contributed by atoms with Gasteiger partial charge < -0.3 is 10.1 Å². The molecular formula is C17H24ClN3O3. The molecule has 1 atom stereocenters. The zero-order chi connectivity index (χ0) is 17.5. The number of amides is 3. The zero-order valence-electron chi connectivity index (χ0n) is 14.0. The number of hydrogen-bond donors (Lipinski definition) is 3. The van der Waals surface area contributed by atoms with Crippen LogP contribution in [0.2, 0.25) is 5.02 Å². The Labute approximate surface area is 147 Å². The highest BCUT2D eigenvalue weighted by atomic mass is 35.5. The van der Waals surface area contributed by atoms with Crippen LogP contribution in [0.25, 0.3) is 0 Å². The number of ether oxygens (including phenoxy) is 1. The molecule has 0 aliphatic heterocycles. The second kappa shape index (κ2) is 8.78. The van der Waals surface area contributed by atoms with Gasteiger partial charge in [0.1, 0.15) is 5.75 Å². The molecule has 1 aromatic rings. The van der Waals surface area contributed by atoms with Crippen molar-refractivity contribution in [3.05, 3.63) is 28.8 Å². The monoisotopic (exact) mass is 353 g/mol. The lowest BCUT2D eigenvalue weighted by Crippen LogP contribution is -2.52. The van der Waals surface area contributed by atoms with Crippen molar-refractivity contribution in [1.29, 1.82) is 0 Å². The SMILES string of the molecule is Cc1cc(Cl)ccc1OC(C)C(=O)NNC(=O)NC1CCCCC1. The number of benzene rings is 1. The van der Waals surface area contributed by atoms with Gasteiger partial charge in [0.2, 0.25) is 0 Å². The number of carbonyl (C=O) groups is 2. The molecule has 0 heterocycles. The number of nitrogens with one attached hydrogen (secondary N) is 3. The van der Waals surface area contributed by atoms with Gasteiger partial charge in [0.25, 0.3) is 5.91 Å². The molecule has 7 heteroatoms. The molecule has 0 spiro atoms. The molecule has 132 valence electrons. The number of carbonyl (C=O) groups excluding carboxylic acids is 2. The molecular weight excluding hydrogens is 330 g/mol. The molecule has 1 unspecified atom stereocenters. The van der Waals surface area contributed by atoms with E-state index >= 15 is 0 Å². The normalized spacial score (nSPS) is 16.1. The minimum absolute atomic E-state index is 0.182. The van der Waals surface area contributed by atoms with E-state index in [4.69, 9.17) is 16.3 Å². The van der Waals surface area contributed by atoms with E-state index < -0.39 is 18.0 Å². The smallest absolute Gasteiger partial charge is 0.333 e. The molecule has 0 radical (unpaired) electrons. The lowest BCUT2D eigenvalue weighted by Gasteiger charge is -2.23. The van der Waals surface area contributed by atoms with Crippen LogP contribution < -0.4 is 20.9 Å². The molecule has 1 fully saturated rings. The van der Waals surface area contributed by atoms with Gasteiger partial charge in [0.15, 0.2) is 6.10 Å². The molecule has 2 rings (SSSR count). The van der Waals surface area contributed by atoms with E-state index in [2.05, 4.69) is 16.2 Å². The summed E-state index contributed by atoms with van der Waals surface area (Å²) in [5.41, 5.74) is 5.58. The first-order valence-electron chi connectivity index (χ1n) is 8.25. The van der Waals surface area contributed by atoms with Gasteiger partial charge in [0.05, 0.1) is 0 Å². The molecule has 3 N–H and O–H groups in total. The van der Waals surface area contributed by atoms with Gasteiger partial charge in [-0.2, -0.15) is 0 Å². The molecule has 1 aromatic carbocycles. The second-order valence-electron chi connectivity index (χ2n) is 6.09. The third-order valence-corrected chi connectivity index (χ3v) is 4.28. The summed E-state index contributed by atoms with van der Waals surface area (Å²) in [6.45, 7) is 3.46. The third-order valence-electron chi connectivity index (χ3n) is 4.05. The molecule has 1 aliphatic rings. The number of aryl methyl sites for hydroxylation is 1. The fraction of sp³-hybridized carbons (Fsp3) is 0.529. The van der Waals surface area contributed by atoms with Crippen molar-refractivity contribution >= 4 is 23.5 Å². The van der Waals surface area contributed by atoms with Gasteiger partial charge in [-0.25, -0.2) is 10.2 Å². The van der Waals surface area contributed by atoms with Crippen LogP contribution in [0.15, 0.2) is 18.2 Å². The van der Waals surface area contributed by atoms with Gasteiger partial charge in [-0.3, -0.25) is 10.2 Å². The van der Waals surface area contributed by atoms with Crippen LogP contribution in [0.4, 0.5) is 4.79 Å². The minimum atomic E-state index is -0.750. The summed E-state index contributed by atoms with van der Waals surface area (Å²) < 4.78 is 5.60. The van der Waals surface area contributed by atoms with Crippen molar-refractivity contribution in [2.45, 2.75) is 58.1 Å². The number of halogens is 1. The molecule has 0 bridgehead atoms. The largest absolute Gasteiger partial charge is 0.481 e. The number of hydrogen-bond acceptors (Lipinski definition) is 3. The average Bonchev–Trinajstić information content (AvgIpc) is 2.56. The Bertz CT molecular complexity index is 588. The Hall–Kier alpha value is -1.95. The summed E-state index contributed by atoms with van der Waals surface area (Å²) >= 11 is 5.89.